The van der Waals surface area contributed by atoms with Crippen LogP contribution in [0.15, 0.2) is 36.4 Å². The fraction of sp³-hybridized carbons (Fsp3) is 0.429. The Bertz CT molecular complexity index is 694. The highest BCUT2D eigenvalue weighted by Crippen LogP contribution is 2.37. The van der Waals surface area contributed by atoms with Gasteiger partial charge in [-0.3, -0.25) is 0 Å². The van der Waals surface area contributed by atoms with Crippen molar-refractivity contribution in [1.29, 1.82) is 0 Å². The van der Waals surface area contributed by atoms with Crippen molar-refractivity contribution in [2.45, 2.75) is 46.3 Å². The average Bonchev–Trinajstić information content (AvgIpc) is 2.62. The molecule has 0 aromatic heterocycles. The summed E-state index contributed by atoms with van der Waals surface area (Å²) < 4.78 is 25.3. The molecule has 0 atom stereocenters. The minimum Gasteiger partial charge on any atom is -0.490 e. The Balaban J connectivity index is 2.06. The summed E-state index contributed by atoms with van der Waals surface area (Å²) in [5.41, 5.74) is 1.51. The first-order chi connectivity index (χ1) is 12.7. The molecule has 0 bridgehead atoms. The van der Waals surface area contributed by atoms with E-state index in [0.29, 0.717) is 28.7 Å². The SMILES string of the molecule is CCCCCNCc1cc(Cl)c(OCc2ccccc2F)c(OCC)c1. The molecule has 0 aliphatic rings. The smallest absolute Gasteiger partial charge is 0.180 e. The first kappa shape index (κ1) is 20.5. The first-order valence-corrected chi connectivity index (χ1v) is 9.55. The van der Waals surface area contributed by atoms with Crippen molar-refractivity contribution in [1.82, 2.24) is 5.32 Å². The van der Waals surface area contributed by atoms with Gasteiger partial charge in [0.05, 0.1) is 11.6 Å². The van der Waals surface area contributed by atoms with Gasteiger partial charge in [0.2, 0.25) is 0 Å². The van der Waals surface area contributed by atoms with E-state index in [9.17, 15) is 4.39 Å². The van der Waals surface area contributed by atoms with E-state index in [1.54, 1.807) is 18.2 Å². The normalized spacial score (nSPS) is 10.8. The highest BCUT2D eigenvalue weighted by atomic mass is 35.5. The van der Waals surface area contributed by atoms with Gasteiger partial charge in [-0.05, 0) is 43.7 Å². The van der Waals surface area contributed by atoms with E-state index < -0.39 is 0 Å². The van der Waals surface area contributed by atoms with Crippen molar-refractivity contribution in [3.05, 3.63) is 58.4 Å². The Morgan fingerprint density at radius 3 is 2.62 bits per heavy atom. The molecule has 0 radical (unpaired) electrons. The monoisotopic (exact) mass is 379 g/mol. The predicted molar refractivity (Wildman–Crippen MR) is 105 cm³/mol. The zero-order valence-corrected chi connectivity index (χ0v) is 16.2. The molecule has 2 aromatic rings. The van der Waals surface area contributed by atoms with Crippen LogP contribution in [-0.2, 0) is 13.2 Å². The van der Waals surface area contributed by atoms with Gasteiger partial charge < -0.3 is 14.8 Å². The second-order valence-corrected chi connectivity index (χ2v) is 6.51. The van der Waals surface area contributed by atoms with Crippen molar-refractivity contribution in [3.8, 4) is 11.5 Å². The van der Waals surface area contributed by atoms with Crippen LogP contribution in [0.4, 0.5) is 4.39 Å². The summed E-state index contributed by atoms with van der Waals surface area (Å²) in [7, 11) is 0. The fourth-order valence-electron chi connectivity index (χ4n) is 2.62. The molecule has 26 heavy (non-hydrogen) atoms. The van der Waals surface area contributed by atoms with Crippen LogP contribution in [0, 0.1) is 5.82 Å². The van der Waals surface area contributed by atoms with Gasteiger partial charge in [0.1, 0.15) is 12.4 Å². The molecule has 0 amide bonds. The molecule has 0 aliphatic carbocycles. The van der Waals surface area contributed by atoms with Gasteiger partial charge in [0.15, 0.2) is 11.5 Å². The van der Waals surface area contributed by atoms with Gasteiger partial charge in [-0.15, -0.1) is 0 Å². The molecule has 0 spiro atoms. The van der Waals surface area contributed by atoms with Gasteiger partial charge in [-0.1, -0.05) is 49.6 Å². The quantitative estimate of drug-likeness (QED) is 0.505. The van der Waals surface area contributed by atoms with Gasteiger partial charge >= 0.3 is 0 Å². The number of hydrogen-bond acceptors (Lipinski definition) is 3. The minimum absolute atomic E-state index is 0.0983. The minimum atomic E-state index is -0.297. The summed E-state index contributed by atoms with van der Waals surface area (Å²) >= 11 is 6.41. The number of nitrogens with one attached hydrogen (secondary N) is 1. The Hall–Kier alpha value is -1.78. The van der Waals surface area contributed by atoms with Gasteiger partial charge in [0.25, 0.3) is 0 Å². The zero-order valence-electron chi connectivity index (χ0n) is 15.5. The molecular weight excluding hydrogens is 353 g/mol. The van der Waals surface area contributed by atoms with Crippen molar-refractivity contribution in [3.63, 3.8) is 0 Å². The summed E-state index contributed by atoms with van der Waals surface area (Å²) in [4.78, 5) is 0. The zero-order chi connectivity index (χ0) is 18.8. The average molecular weight is 380 g/mol. The van der Waals surface area contributed by atoms with Crippen LogP contribution in [0.3, 0.4) is 0 Å². The van der Waals surface area contributed by atoms with E-state index in [0.717, 1.165) is 25.1 Å². The molecule has 142 valence electrons. The maximum atomic E-state index is 13.8. The maximum Gasteiger partial charge on any atom is 0.180 e. The number of benzene rings is 2. The molecule has 0 aliphatic heterocycles. The van der Waals surface area contributed by atoms with Crippen LogP contribution in [-0.4, -0.2) is 13.2 Å². The van der Waals surface area contributed by atoms with Crippen molar-refractivity contribution < 1.29 is 13.9 Å². The van der Waals surface area contributed by atoms with E-state index in [-0.39, 0.29) is 12.4 Å². The highest BCUT2D eigenvalue weighted by molar-refractivity contribution is 6.32. The van der Waals surface area contributed by atoms with E-state index in [4.69, 9.17) is 21.1 Å². The molecule has 3 nitrogen and oxygen atoms in total. The van der Waals surface area contributed by atoms with Crippen molar-refractivity contribution >= 4 is 11.6 Å². The Labute approximate surface area is 160 Å². The van der Waals surface area contributed by atoms with Gasteiger partial charge in [-0.25, -0.2) is 4.39 Å². The van der Waals surface area contributed by atoms with Crippen LogP contribution in [0.25, 0.3) is 0 Å². The molecule has 1 N–H and O–H groups in total. The lowest BCUT2D eigenvalue weighted by molar-refractivity contribution is 0.266. The molecule has 0 fully saturated rings. The Morgan fingerprint density at radius 2 is 1.88 bits per heavy atom. The first-order valence-electron chi connectivity index (χ1n) is 9.17. The number of hydrogen-bond donors (Lipinski definition) is 1. The highest BCUT2D eigenvalue weighted by Gasteiger charge is 2.14. The Morgan fingerprint density at radius 1 is 1.08 bits per heavy atom. The van der Waals surface area contributed by atoms with Crippen LogP contribution in [0.1, 0.15) is 44.2 Å². The molecule has 2 rings (SSSR count). The standard InChI is InChI=1S/C21H27ClFNO2/c1-3-5-8-11-24-14-16-12-18(22)21(20(13-16)25-4-2)26-15-17-9-6-7-10-19(17)23/h6-7,9-10,12-13,24H,3-5,8,11,14-15H2,1-2H3. The third kappa shape index (κ3) is 6.19. The van der Waals surface area contributed by atoms with Crippen molar-refractivity contribution in [2.24, 2.45) is 0 Å². The van der Waals surface area contributed by atoms with Crippen LogP contribution in [0.2, 0.25) is 5.02 Å². The van der Waals surface area contributed by atoms with Gasteiger partial charge in [-0.2, -0.15) is 0 Å². The van der Waals surface area contributed by atoms with Crippen molar-refractivity contribution in [2.75, 3.05) is 13.2 Å². The summed E-state index contributed by atoms with van der Waals surface area (Å²) in [6.07, 6.45) is 3.59. The molecule has 0 saturated carbocycles. The van der Waals surface area contributed by atoms with Crippen LogP contribution >= 0.6 is 11.6 Å². The molecule has 0 saturated heterocycles. The topological polar surface area (TPSA) is 30.5 Å². The molecule has 5 heteroatoms. The van der Waals surface area contributed by atoms with E-state index >= 15 is 0 Å². The van der Waals surface area contributed by atoms with E-state index in [2.05, 4.69) is 12.2 Å². The number of rotatable bonds is 11. The summed E-state index contributed by atoms with van der Waals surface area (Å²) in [5.74, 6) is 0.739. The van der Waals surface area contributed by atoms with Crippen LogP contribution in [0.5, 0.6) is 11.5 Å². The summed E-state index contributed by atoms with van der Waals surface area (Å²) in [6, 6.07) is 10.3. The van der Waals surface area contributed by atoms with Gasteiger partial charge in [0, 0.05) is 12.1 Å². The van der Waals surface area contributed by atoms with Crippen LogP contribution < -0.4 is 14.8 Å². The predicted octanol–water partition coefficient (Wildman–Crippen LogP) is 5.74. The lowest BCUT2D eigenvalue weighted by Gasteiger charge is -2.16. The molecular formula is C21H27ClFNO2. The molecule has 0 heterocycles. The third-order valence-corrected chi connectivity index (χ3v) is 4.27. The molecule has 0 unspecified atom stereocenters. The second kappa shape index (κ2) is 11.0. The summed E-state index contributed by atoms with van der Waals surface area (Å²) in [6.45, 7) is 6.39. The maximum absolute atomic E-state index is 13.8. The molecule has 2 aromatic carbocycles. The second-order valence-electron chi connectivity index (χ2n) is 6.10. The lowest BCUT2D eigenvalue weighted by atomic mass is 10.2. The third-order valence-electron chi connectivity index (χ3n) is 3.99. The number of halogens is 2. The Kier molecular flexibility index (Phi) is 8.72. The summed E-state index contributed by atoms with van der Waals surface area (Å²) in [5, 5.41) is 3.88. The fourth-order valence-corrected chi connectivity index (χ4v) is 2.91. The van der Waals surface area contributed by atoms with E-state index in [1.165, 1.54) is 18.9 Å². The largest absolute Gasteiger partial charge is 0.490 e. The lowest BCUT2D eigenvalue weighted by Crippen LogP contribution is -2.14. The number of unbranched alkanes of at least 4 members (excludes halogenated alkanes) is 2. The van der Waals surface area contributed by atoms with E-state index in [1.807, 2.05) is 19.1 Å². The number of ether oxygens (including phenoxy) is 2.